The zero-order chi connectivity index (χ0) is 7.15. The molecule has 0 aromatic carbocycles. The SMILES string of the molecule is NC(N)=O.O=S(Cl)Cl. The lowest BCUT2D eigenvalue weighted by Gasteiger charge is -1.62. The van der Waals surface area contributed by atoms with E-state index in [0.29, 0.717) is 0 Å². The van der Waals surface area contributed by atoms with Crippen LogP contribution in [0.5, 0.6) is 0 Å². The molecule has 7 heteroatoms. The maximum Gasteiger partial charge on any atom is 0.309 e. The summed E-state index contributed by atoms with van der Waals surface area (Å²) in [7, 11) is 7.36. The Bertz CT molecular complexity index is 76.0. The van der Waals surface area contributed by atoms with E-state index in [2.05, 4.69) is 32.8 Å². The Kier molecular flexibility index (Phi) is 9.53. The highest BCUT2D eigenvalue weighted by molar-refractivity contribution is 8.26. The lowest BCUT2D eigenvalue weighted by molar-refractivity contribution is 0.256. The second kappa shape index (κ2) is 7.00. The maximum atomic E-state index is 9.09. The zero-order valence-corrected chi connectivity index (χ0v) is 5.96. The average Bonchev–Trinajstić information content (AvgIpc) is 1.25. The van der Waals surface area contributed by atoms with Gasteiger partial charge in [0.05, 0.1) is 0 Å². The van der Waals surface area contributed by atoms with E-state index in [-0.39, 0.29) is 0 Å². The number of carbonyl (C=O) groups excluding carboxylic acids is 1. The van der Waals surface area contributed by atoms with Crippen LogP contribution in [0.25, 0.3) is 0 Å². The quantitative estimate of drug-likeness (QED) is 0.515. The van der Waals surface area contributed by atoms with Gasteiger partial charge in [-0.2, -0.15) is 0 Å². The molecule has 0 saturated heterocycles. The van der Waals surface area contributed by atoms with Gasteiger partial charge in [-0.05, 0) is 0 Å². The van der Waals surface area contributed by atoms with Crippen LogP contribution in [0.15, 0.2) is 0 Å². The molecule has 4 nitrogen and oxygen atoms in total. The normalized spacial score (nSPS) is 7.38. The summed E-state index contributed by atoms with van der Waals surface area (Å²) in [5.74, 6) is 0. The van der Waals surface area contributed by atoms with Crippen LogP contribution in [0, 0.1) is 0 Å². The Balaban J connectivity index is 0. The van der Waals surface area contributed by atoms with Gasteiger partial charge in [0, 0.05) is 21.4 Å². The zero-order valence-electron chi connectivity index (χ0n) is 3.64. The van der Waals surface area contributed by atoms with Crippen molar-refractivity contribution in [3.8, 4) is 0 Å². The summed E-state index contributed by atoms with van der Waals surface area (Å²) < 4.78 is 9.09. The highest BCUT2D eigenvalue weighted by atomic mass is 36.0. The van der Waals surface area contributed by atoms with Crippen molar-refractivity contribution in [2.45, 2.75) is 0 Å². The summed E-state index contributed by atoms with van der Waals surface area (Å²) in [6.07, 6.45) is 0. The molecule has 50 valence electrons. The number of amides is 2. The van der Waals surface area contributed by atoms with E-state index in [1.165, 1.54) is 0 Å². The Labute approximate surface area is 57.6 Å². The largest absolute Gasteiger partial charge is 0.352 e. The number of urea groups is 1. The van der Waals surface area contributed by atoms with Crippen molar-refractivity contribution in [1.29, 1.82) is 0 Å². The van der Waals surface area contributed by atoms with Crippen LogP contribution in [0.2, 0.25) is 0 Å². The Hall–Kier alpha value is 0. The molecule has 0 radical (unpaired) electrons. The highest BCUT2D eigenvalue weighted by Gasteiger charge is 1.68. The summed E-state index contributed by atoms with van der Waals surface area (Å²) in [5.41, 5.74) is 8.50. The smallest absolute Gasteiger partial charge is 0.309 e. The van der Waals surface area contributed by atoms with Gasteiger partial charge in [0.25, 0.3) is 0 Å². The van der Waals surface area contributed by atoms with Crippen molar-refractivity contribution >= 4 is 36.6 Å². The molecule has 0 spiro atoms. The molecular formula is CH4Cl2N2O2S. The molecule has 0 fully saturated rings. The molecule has 0 bridgehead atoms. The maximum absolute atomic E-state index is 9.09. The molecule has 0 atom stereocenters. The molecular weight excluding hydrogens is 175 g/mol. The molecule has 4 N–H and O–H groups in total. The minimum atomic E-state index is -1.67. The highest BCUT2D eigenvalue weighted by Crippen LogP contribution is 1.89. The Morgan fingerprint density at radius 3 is 1.38 bits per heavy atom. The van der Waals surface area contributed by atoms with Gasteiger partial charge in [-0.15, -0.1) is 0 Å². The fourth-order valence-electron chi connectivity index (χ4n) is 0. The van der Waals surface area contributed by atoms with Gasteiger partial charge in [-0.1, -0.05) is 0 Å². The van der Waals surface area contributed by atoms with Crippen molar-refractivity contribution in [2.75, 3.05) is 0 Å². The van der Waals surface area contributed by atoms with E-state index in [0.717, 1.165) is 0 Å². The summed E-state index contributed by atoms with van der Waals surface area (Å²) in [6, 6.07) is -0.833. The van der Waals surface area contributed by atoms with Crippen LogP contribution in [0.1, 0.15) is 0 Å². The van der Waals surface area contributed by atoms with Gasteiger partial charge in [-0.25, -0.2) is 9.00 Å². The van der Waals surface area contributed by atoms with Crippen LogP contribution < -0.4 is 11.5 Å². The van der Waals surface area contributed by atoms with Crippen molar-refractivity contribution < 1.29 is 9.00 Å². The van der Waals surface area contributed by atoms with E-state index >= 15 is 0 Å². The third-order valence-electron chi connectivity index (χ3n) is 0. The molecule has 0 heterocycles. The standard InChI is InChI=1S/CH4N2O.Cl2OS/c2-1(3)4;1-4(2)3/h(H4,2,3,4);. The second-order valence-electron chi connectivity index (χ2n) is 0.587. The summed E-state index contributed by atoms with van der Waals surface area (Å²) in [6.45, 7) is 0. The number of primary amides is 2. The van der Waals surface area contributed by atoms with E-state index in [1.807, 2.05) is 0 Å². The fraction of sp³-hybridized carbons (Fsp3) is 0. The van der Waals surface area contributed by atoms with Crippen LogP contribution >= 0.6 is 21.4 Å². The Morgan fingerprint density at radius 1 is 1.38 bits per heavy atom. The Morgan fingerprint density at radius 2 is 1.38 bits per heavy atom. The topological polar surface area (TPSA) is 86.2 Å². The van der Waals surface area contributed by atoms with E-state index < -0.39 is 15.3 Å². The molecule has 2 amide bonds. The van der Waals surface area contributed by atoms with E-state index in [1.54, 1.807) is 0 Å². The predicted molar refractivity (Wildman–Crippen MR) is 33.6 cm³/mol. The minimum Gasteiger partial charge on any atom is -0.352 e. The van der Waals surface area contributed by atoms with Crippen LogP contribution in [-0.4, -0.2) is 10.2 Å². The van der Waals surface area contributed by atoms with Gasteiger partial charge >= 0.3 is 6.03 Å². The summed E-state index contributed by atoms with van der Waals surface area (Å²) in [4.78, 5) is 9.00. The van der Waals surface area contributed by atoms with Gasteiger partial charge in [-0.3, -0.25) is 0 Å². The van der Waals surface area contributed by atoms with E-state index in [9.17, 15) is 0 Å². The van der Waals surface area contributed by atoms with Crippen molar-refractivity contribution in [1.82, 2.24) is 0 Å². The van der Waals surface area contributed by atoms with Crippen molar-refractivity contribution in [2.24, 2.45) is 11.5 Å². The fourth-order valence-corrected chi connectivity index (χ4v) is 0. The minimum absolute atomic E-state index is 0.833. The van der Waals surface area contributed by atoms with Gasteiger partial charge < -0.3 is 11.5 Å². The number of halogens is 2. The van der Waals surface area contributed by atoms with Gasteiger partial charge in [0.2, 0.25) is 9.23 Å². The molecule has 0 unspecified atom stereocenters. The van der Waals surface area contributed by atoms with E-state index in [4.69, 9.17) is 9.00 Å². The first kappa shape index (κ1) is 10.9. The molecule has 0 aliphatic heterocycles. The lowest BCUT2D eigenvalue weighted by atomic mass is 11.2. The number of rotatable bonds is 0. The van der Waals surface area contributed by atoms with Crippen LogP contribution in [0.3, 0.4) is 0 Å². The molecule has 8 heavy (non-hydrogen) atoms. The molecule has 0 aromatic heterocycles. The second-order valence-corrected chi connectivity index (χ2v) is 3.11. The number of hydrogen-bond acceptors (Lipinski definition) is 2. The van der Waals surface area contributed by atoms with Crippen molar-refractivity contribution in [3.05, 3.63) is 0 Å². The third-order valence-corrected chi connectivity index (χ3v) is 0. The van der Waals surface area contributed by atoms with Crippen molar-refractivity contribution in [3.63, 3.8) is 0 Å². The number of carbonyl (C=O) groups is 1. The summed E-state index contributed by atoms with van der Waals surface area (Å²) >= 11 is 0. The molecule has 0 saturated carbocycles. The van der Waals surface area contributed by atoms with Crippen LogP contribution in [0.4, 0.5) is 4.79 Å². The first-order valence-corrected chi connectivity index (χ1v) is 4.06. The summed E-state index contributed by atoms with van der Waals surface area (Å²) in [5, 5.41) is 0. The first-order valence-electron chi connectivity index (χ1n) is 1.26. The first-order chi connectivity index (χ1) is 3.46. The van der Waals surface area contributed by atoms with Crippen LogP contribution in [-0.2, 0) is 9.23 Å². The number of hydrogen-bond donors (Lipinski definition) is 2. The predicted octanol–water partition coefficient (Wildman–Crippen LogP) is 0.0665. The average molecular weight is 179 g/mol. The third kappa shape index (κ3) is 0. The molecule has 0 aliphatic rings. The lowest BCUT2D eigenvalue weighted by Crippen LogP contribution is -2.18. The van der Waals surface area contributed by atoms with Gasteiger partial charge in [0.1, 0.15) is 0 Å². The molecule has 0 aromatic rings. The van der Waals surface area contributed by atoms with Gasteiger partial charge in [0.15, 0.2) is 0 Å². The number of nitrogens with two attached hydrogens (primary N) is 2. The molecule has 0 rings (SSSR count). The molecule has 0 aliphatic carbocycles. The monoisotopic (exact) mass is 178 g/mol.